The van der Waals surface area contributed by atoms with Gasteiger partial charge >= 0.3 is 0 Å². The molecule has 3 aromatic rings. The summed E-state index contributed by atoms with van der Waals surface area (Å²) in [7, 11) is -2.04. The van der Waals surface area contributed by atoms with Crippen LogP contribution in [-0.4, -0.2) is 33.9 Å². The lowest BCUT2D eigenvalue weighted by atomic mass is 10.0. The number of hydrogen-bond donors (Lipinski definition) is 1. The van der Waals surface area contributed by atoms with Crippen LogP contribution in [0.4, 0.5) is 5.95 Å². The Balaban J connectivity index is 1.66. The number of rotatable bonds is 5. The third kappa shape index (κ3) is 3.69. The fraction of sp³-hybridized carbons (Fsp3) is 0.320. The minimum Gasteiger partial charge on any atom is -0.495 e. The summed E-state index contributed by atoms with van der Waals surface area (Å²) in [5.74, 6) is 1.07. The Kier molecular flexibility index (Phi) is 5.70. The molecule has 1 aromatic heterocycles. The van der Waals surface area contributed by atoms with Gasteiger partial charge in [-0.1, -0.05) is 11.6 Å². The summed E-state index contributed by atoms with van der Waals surface area (Å²) in [6, 6.07) is 12.2. The van der Waals surface area contributed by atoms with E-state index in [-0.39, 0.29) is 14.8 Å². The zero-order valence-electron chi connectivity index (χ0n) is 19.0. The van der Waals surface area contributed by atoms with Crippen molar-refractivity contribution in [2.24, 2.45) is 0 Å². The standard InChI is InChI=1S/C25H24ClN5O2S/c1-15-10-11-31(15)25-29-20-5-3-4-18(20)24(30-25)17-7-8-21(33-2)23(13-17)34(28,32)22-9-6-16(14-27)12-19(22)26/h6-9,12-13,15,28H,3-5,10-11H2,1-2H3/t15-,34?/m0/s1. The number of nitriles is 1. The van der Waals surface area contributed by atoms with Gasteiger partial charge in [0.05, 0.1) is 39.2 Å². The maximum absolute atomic E-state index is 13.9. The Hall–Kier alpha value is -3.15. The lowest BCUT2D eigenvalue weighted by Gasteiger charge is -2.39. The van der Waals surface area contributed by atoms with Gasteiger partial charge in [0.25, 0.3) is 0 Å². The molecule has 2 aliphatic rings. The van der Waals surface area contributed by atoms with E-state index in [9.17, 15) is 4.21 Å². The summed E-state index contributed by atoms with van der Waals surface area (Å²) in [4.78, 5) is 12.4. The average molecular weight is 494 g/mol. The van der Waals surface area contributed by atoms with Crippen molar-refractivity contribution in [3.8, 4) is 23.1 Å². The zero-order valence-corrected chi connectivity index (χ0v) is 20.5. The predicted molar refractivity (Wildman–Crippen MR) is 131 cm³/mol. The van der Waals surface area contributed by atoms with Gasteiger partial charge < -0.3 is 9.64 Å². The summed E-state index contributed by atoms with van der Waals surface area (Å²) in [5.41, 5.74) is 4.12. The third-order valence-electron chi connectivity index (χ3n) is 6.62. The smallest absolute Gasteiger partial charge is 0.226 e. The van der Waals surface area contributed by atoms with Gasteiger partial charge in [0.2, 0.25) is 5.95 Å². The van der Waals surface area contributed by atoms with Crippen molar-refractivity contribution in [3.63, 3.8) is 0 Å². The lowest BCUT2D eigenvalue weighted by molar-refractivity contribution is 0.404. The Bertz CT molecular complexity index is 1450. The Morgan fingerprint density at radius 2 is 2.03 bits per heavy atom. The molecule has 34 heavy (non-hydrogen) atoms. The number of hydrogen-bond acceptors (Lipinski definition) is 7. The van der Waals surface area contributed by atoms with Crippen molar-refractivity contribution in [1.29, 1.82) is 10.0 Å². The second kappa shape index (κ2) is 8.57. The SMILES string of the molecule is COc1ccc(-c2nc(N3CC[C@@H]3C)nc3c2CCC3)cc1S(=N)(=O)c1ccc(C#N)cc1Cl. The molecule has 9 heteroatoms. The monoisotopic (exact) mass is 493 g/mol. The minimum absolute atomic E-state index is 0.114. The van der Waals surface area contributed by atoms with Crippen LogP contribution in [0.15, 0.2) is 46.2 Å². The van der Waals surface area contributed by atoms with Crippen LogP contribution < -0.4 is 9.64 Å². The number of nitrogens with one attached hydrogen (secondary N) is 1. The van der Waals surface area contributed by atoms with E-state index in [2.05, 4.69) is 11.8 Å². The molecule has 1 saturated heterocycles. The van der Waals surface area contributed by atoms with Crippen molar-refractivity contribution in [3.05, 3.63) is 58.2 Å². The molecule has 1 unspecified atom stereocenters. The molecule has 1 fully saturated rings. The molecule has 0 amide bonds. The van der Waals surface area contributed by atoms with Crippen LogP contribution in [0.5, 0.6) is 5.75 Å². The molecular weight excluding hydrogens is 470 g/mol. The average Bonchev–Trinajstić information content (AvgIpc) is 3.30. The van der Waals surface area contributed by atoms with E-state index < -0.39 is 9.73 Å². The van der Waals surface area contributed by atoms with Crippen molar-refractivity contribution >= 4 is 27.3 Å². The molecule has 1 aliphatic carbocycles. The first-order chi connectivity index (χ1) is 16.3. The van der Waals surface area contributed by atoms with Crippen LogP contribution in [0, 0.1) is 16.1 Å². The summed E-state index contributed by atoms with van der Waals surface area (Å²) in [6.07, 6.45) is 3.95. The summed E-state index contributed by atoms with van der Waals surface area (Å²) >= 11 is 6.35. The van der Waals surface area contributed by atoms with Gasteiger partial charge in [-0.05, 0) is 69.0 Å². The second-order valence-corrected chi connectivity index (χ2v) is 11.1. The number of aromatic nitrogens is 2. The third-order valence-corrected chi connectivity index (χ3v) is 8.95. The highest BCUT2D eigenvalue weighted by molar-refractivity contribution is 7.92. The van der Waals surface area contributed by atoms with Crippen molar-refractivity contribution < 1.29 is 8.95 Å². The molecule has 174 valence electrons. The number of anilines is 1. The molecule has 0 saturated carbocycles. The summed E-state index contributed by atoms with van der Waals surface area (Å²) in [6.45, 7) is 3.10. The Morgan fingerprint density at radius 1 is 1.21 bits per heavy atom. The second-order valence-electron chi connectivity index (χ2n) is 8.66. The van der Waals surface area contributed by atoms with Gasteiger partial charge in [-0.2, -0.15) is 5.26 Å². The van der Waals surface area contributed by atoms with Gasteiger partial charge in [0.15, 0.2) is 0 Å². The molecule has 0 radical (unpaired) electrons. The molecule has 0 spiro atoms. The van der Waals surface area contributed by atoms with E-state index >= 15 is 0 Å². The van der Waals surface area contributed by atoms with Crippen molar-refractivity contribution in [2.75, 3.05) is 18.6 Å². The van der Waals surface area contributed by atoms with Crippen LogP contribution in [0.3, 0.4) is 0 Å². The molecule has 1 N–H and O–H groups in total. The molecule has 7 nitrogen and oxygen atoms in total. The molecule has 5 rings (SSSR count). The molecule has 2 atom stereocenters. The number of benzene rings is 2. The van der Waals surface area contributed by atoms with Gasteiger partial charge in [0.1, 0.15) is 15.5 Å². The van der Waals surface area contributed by atoms with E-state index in [1.165, 1.54) is 25.3 Å². The Labute approximate surface area is 204 Å². The topological polar surface area (TPSA) is 103 Å². The van der Waals surface area contributed by atoms with Gasteiger partial charge in [0, 0.05) is 29.4 Å². The molecule has 1 aliphatic heterocycles. The highest BCUT2D eigenvalue weighted by Crippen LogP contribution is 2.39. The van der Waals surface area contributed by atoms with E-state index in [0.717, 1.165) is 60.7 Å². The van der Waals surface area contributed by atoms with Crippen LogP contribution in [0.25, 0.3) is 11.3 Å². The number of fused-ring (bicyclic) bond motifs is 1. The van der Waals surface area contributed by atoms with Crippen LogP contribution in [0.2, 0.25) is 5.02 Å². The number of nitrogens with zero attached hydrogens (tertiary/aromatic N) is 4. The quantitative estimate of drug-likeness (QED) is 0.522. The zero-order chi connectivity index (χ0) is 24.0. The van der Waals surface area contributed by atoms with E-state index in [4.69, 9.17) is 36.3 Å². The maximum atomic E-state index is 13.9. The van der Waals surface area contributed by atoms with Crippen LogP contribution >= 0.6 is 11.6 Å². The highest BCUT2D eigenvalue weighted by Gasteiger charge is 2.30. The van der Waals surface area contributed by atoms with Gasteiger partial charge in [-0.15, -0.1) is 0 Å². The maximum Gasteiger partial charge on any atom is 0.226 e. The van der Waals surface area contributed by atoms with Gasteiger partial charge in [-0.25, -0.2) is 19.0 Å². The lowest BCUT2D eigenvalue weighted by Crippen LogP contribution is -2.46. The molecule has 0 bridgehead atoms. The van der Waals surface area contributed by atoms with Crippen LogP contribution in [0.1, 0.15) is 36.6 Å². The highest BCUT2D eigenvalue weighted by atomic mass is 35.5. The largest absolute Gasteiger partial charge is 0.495 e. The number of methoxy groups -OCH3 is 1. The number of ether oxygens (including phenoxy) is 1. The molecular formula is C25H24ClN5O2S. The normalized spacial score (nSPS) is 18.5. The van der Waals surface area contributed by atoms with Crippen molar-refractivity contribution in [2.45, 2.75) is 48.4 Å². The van der Waals surface area contributed by atoms with Crippen molar-refractivity contribution in [1.82, 2.24) is 9.97 Å². The fourth-order valence-electron chi connectivity index (χ4n) is 4.57. The first kappa shape index (κ1) is 22.6. The number of halogens is 1. The Morgan fingerprint density at radius 3 is 2.68 bits per heavy atom. The fourth-order valence-corrected chi connectivity index (χ4v) is 6.64. The van der Waals surface area contributed by atoms with Gasteiger partial charge in [-0.3, -0.25) is 0 Å². The van der Waals surface area contributed by atoms with E-state index in [1.54, 1.807) is 12.1 Å². The summed E-state index contributed by atoms with van der Waals surface area (Å²) in [5, 5.41) is 9.25. The predicted octanol–water partition coefficient (Wildman–Crippen LogP) is 5.23. The molecule has 2 heterocycles. The number of aryl methyl sites for hydroxylation is 1. The first-order valence-corrected chi connectivity index (χ1v) is 13.1. The minimum atomic E-state index is -3.53. The molecule has 2 aromatic carbocycles. The first-order valence-electron chi connectivity index (χ1n) is 11.2. The summed E-state index contributed by atoms with van der Waals surface area (Å²) < 4.78 is 28.2. The van der Waals surface area contributed by atoms with Crippen LogP contribution in [-0.2, 0) is 22.6 Å². The van der Waals surface area contributed by atoms with E-state index in [1.807, 2.05) is 12.1 Å². The van der Waals surface area contributed by atoms with E-state index in [0.29, 0.717) is 17.4 Å².